The van der Waals surface area contributed by atoms with Gasteiger partial charge in [-0.15, -0.1) is 5.10 Å². The summed E-state index contributed by atoms with van der Waals surface area (Å²) >= 11 is 0. The molecule has 0 aliphatic carbocycles. The van der Waals surface area contributed by atoms with Crippen LogP contribution < -0.4 is 5.73 Å². The summed E-state index contributed by atoms with van der Waals surface area (Å²) in [7, 11) is -8.84. The molecule has 1 aromatic carbocycles. The number of anilines is 1. The lowest BCUT2D eigenvalue weighted by Gasteiger charge is -2.23. The quantitative estimate of drug-likeness (QED) is 0.127. The first-order chi connectivity index (χ1) is 21.8. The Balaban J connectivity index is 1.13. The van der Waals surface area contributed by atoms with E-state index in [1.165, 1.54) is 11.8 Å². The Hall–Kier alpha value is -3.49. The molecule has 2 saturated heterocycles. The lowest BCUT2D eigenvalue weighted by Crippen LogP contribution is -2.34. The summed E-state index contributed by atoms with van der Waals surface area (Å²) in [5, 5.41) is 8.15. The molecule has 0 bridgehead atoms. The Morgan fingerprint density at radius 1 is 1.11 bits per heavy atom. The van der Waals surface area contributed by atoms with Crippen molar-refractivity contribution in [3.05, 3.63) is 36.4 Å². The molecule has 23 heteroatoms. The fraction of sp³-hybridized carbons (Fsp3) is 0.478. The van der Waals surface area contributed by atoms with Crippen LogP contribution in [-0.2, 0) is 36.9 Å². The number of carbonyl (C=O) groups is 1. The van der Waals surface area contributed by atoms with Gasteiger partial charge in [0.25, 0.3) is 0 Å². The van der Waals surface area contributed by atoms with E-state index in [0.717, 1.165) is 17.2 Å². The van der Waals surface area contributed by atoms with E-state index >= 15 is 4.39 Å². The largest absolute Gasteiger partial charge is 0.472 e. The normalized spacial score (nSPS) is 26.5. The molecule has 0 amide bonds. The third kappa shape index (κ3) is 6.52. The van der Waals surface area contributed by atoms with Gasteiger partial charge in [0.15, 0.2) is 30.1 Å². The number of fused-ring (bicyclic) bond motifs is 2. The van der Waals surface area contributed by atoms with Crippen LogP contribution >= 0.6 is 15.6 Å². The molecule has 0 saturated carbocycles. The van der Waals surface area contributed by atoms with Crippen molar-refractivity contribution in [2.24, 2.45) is 0 Å². The van der Waals surface area contributed by atoms with E-state index in [0.29, 0.717) is 23.9 Å². The average Bonchev–Trinajstić information content (AvgIpc) is 3.80. The zero-order valence-electron chi connectivity index (χ0n) is 23.7. The minimum Gasteiger partial charge on any atom is -0.465 e. The zero-order chi connectivity index (χ0) is 32.8. The number of carbonyl (C=O) groups excluding carboxylic acids is 1. The highest BCUT2D eigenvalue weighted by Gasteiger charge is 2.51. The maximum atomic E-state index is 15.8. The summed E-state index contributed by atoms with van der Waals surface area (Å²) in [5.41, 5.74) is 7.00. The number of rotatable bonds is 11. The number of nitrogens with two attached hydrogens (primary N) is 1. The van der Waals surface area contributed by atoms with Gasteiger partial charge in [-0.1, -0.05) is 11.3 Å². The van der Waals surface area contributed by atoms with Crippen molar-refractivity contribution >= 4 is 49.6 Å². The van der Waals surface area contributed by atoms with Crippen LogP contribution in [0.2, 0.25) is 0 Å². The SMILES string of the molecule is COC(=O)c1cccc2c1nnn2[C@H]1CC[C@@H](COP(=O)(O)O[C@H]2[C@@H](F)[C@H](n3cnc4c(N)ncnc43)O[C@@H]2COP(=O)(O)O)O1. The number of imidazole rings is 1. The molecule has 2 aliphatic rings. The Kier molecular flexibility index (Phi) is 8.89. The van der Waals surface area contributed by atoms with Gasteiger partial charge in [0, 0.05) is 0 Å². The van der Waals surface area contributed by atoms with Crippen molar-refractivity contribution in [3.8, 4) is 0 Å². The standard InChI is InChI=1S/C23H27FN8O12P2/c1-39-23(33)12-3-2-4-13-17(12)29-30-32(13)15-6-5-11(42-15)7-41-46(37,38)44-19-14(8-40-45(34,35)36)43-22(16(19)24)31-10-28-18-20(25)26-9-27-21(18)31/h2-4,9-11,14-16,19,22H,5-8H2,1H3,(H,37,38)(H2,25,26,27)(H2,34,35,36)/t11-,14+,15+,16+,19+,22+/m0/s1. The van der Waals surface area contributed by atoms with E-state index in [1.807, 2.05) is 0 Å². The predicted molar refractivity (Wildman–Crippen MR) is 149 cm³/mol. The third-order valence-corrected chi connectivity index (χ3v) is 8.75. The van der Waals surface area contributed by atoms with Gasteiger partial charge in [0.05, 0.1) is 43.8 Å². The molecule has 1 unspecified atom stereocenters. The molecule has 46 heavy (non-hydrogen) atoms. The number of aromatic nitrogens is 7. The van der Waals surface area contributed by atoms with Crippen LogP contribution in [0.4, 0.5) is 10.2 Å². The zero-order valence-corrected chi connectivity index (χ0v) is 25.5. The van der Waals surface area contributed by atoms with Gasteiger partial charge < -0.3 is 34.6 Å². The van der Waals surface area contributed by atoms with E-state index in [2.05, 4.69) is 29.8 Å². The van der Waals surface area contributed by atoms with E-state index in [-0.39, 0.29) is 22.5 Å². The fourth-order valence-corrected chi connectivity index (χ4v) is 6.52. The minimum absolute atomic E-state index is 0.00100. The molecule has 2 aliphatic heterocycles. The van der Waals surface area contributed by atoms with Crippen molar-refractivity contribution < 1.29 is 60.8 Å². The highest BCUT2D eigenvalue weighted by molar-refractivity contribution is 7.47. The van der Waals surface area contributed by atoms with Crippen molar-refractivity contribution in [3.63, 3.8) is 0 Å². The molecule has 5 N–H and O–H groups in total. The first kappa shape index (κ1) is 32.5. The number of esters is 1. The summed E-state index contributed by atoms with van der Waals surface area (Å²) in [4.78, 5) is 52.8. The van der Waals surface area contributed by atoms with Gasteiger partial charge in [-0.3, -0.25) is 18.1 Å². The predicted octanol–water partition coefficient (Wildman–Crippen LogP) is 1.16. The summed E-state index contributed by atoms with van der Waals surface area (Å²) < 4.78 is 73.9. The molecule has 3 aromatic heterocycles. The summed E-state index contributed by atoms with van der Waals surface area (Å²) in [5.74, 6) is -0.587. The van der Waals surface area contributed by atoms with Gasteiger partial charge in [-0.05, 0) is 25.0 Å². The molecule has 6 rings (SSSR count). The Bertz CT molecular complexity index is 1850. The maximum Gasteiger partial charge on any atom is 0.472 e. The molecule has 20 nitrogen and oxygen atoms in total. The van der Waals surface area contributed by atoms with Crippen LogP contribution in [0.25, 0.3) is 22.2 Å². The second kappa shape index (κ2) is 12.6. The van der Waals surface area contributed by atoms with Gasteiger partial charge in [0.1, 0.15) is 29.6 Å². The average molecular weight is 688 g/mol. The molecule has 0 radical (unpaired) electrons. The summed E-state index contributed by atoms with van der Waals surface area (Å²) in [6.45, 7) is -1.36. The fourth-order valence-electron chi connectivity index (χ4n) is 5.21. The van der Waals surface area contributed by atoms with Crippen LogP contribution in [0.3, 0.4) is 0 Å². The highest BCUT2D eigenvalue weighted by atomic mass is 31.2. The number of nitrogens with zero attached hydrogens (tertiary/aromatic N) is 7. The molecule has 248 valence electrons. The van der Waals surface area contributed by atoms with Crippen molar-refractivity contribution in [1.82, 2.24) is 34.5 Å². The Labute approximate surface area is 257 Å². The van der Waals surface area contributed by atoms with Gasteiger partial charge in [0.2, 0.25) is 0 Å². The van der Waals surface area contributed by atoms with E-state index in [1.54, 1.807) is 18.2 Å². The first-order valence-corrected chi connectivity index (χ1v) is 16.5. The number of phosphoric acid groups is 2. The van der Waals surface area contributed by atoms with Crippen molar-refractivity contribution in [2.45, 2.75) is 49.8 Å². The number of phosphoric ester groups is 2. The second-order valence-electron chi connectivity index (χ2n) is 10.2. The molecular weight excluding hydrogens is 661 g/mol. The molecule has 7 atom stereocenters. The third-order valence-electron chi connectivity index (χ3n) is 7.28. The van der Waals surface area contributed by atoms with E-state index in [4.69, 9.17) is 38.8 Å². The van der Waals surface area contributed by atoms with Gasteiger partial charge in [-0.25, -0.2) is 37.9 Å². The number of methoxy groups -OCH3 is 1. The first-order valence-electron chi connectivity index (χ1n) is 13.5. The van der Waals surface area contributed by atoms with Crippen LogP contribution in [-0.4, -0.2) is 100.0 Å². The number of halogens is 1. The number of benzene rings is 1. The number of ether oxygens (including phenoxy) is 3. The van der Waals surface area contributed by atoms with E-state index in [9.17, 15) is 18.8 Å². The van der Waals surface area contributed by atoms with E-state index < -0.39 is 71.8 Å². The smallest absolute Gasteiger partial charge is 0.465 e. The number of hydrogen-bond acceptors (Lipinski definition) is 15. The van der Waals surface area contributed by atoms with Crippen LogP contribution in [0.15, 0.2) is 30.9 Å². The van der Waals surface area contributed by atoms with Gasteiger partial charge >= 0.3 is 21.6 Å². The highest BCUT2D eigenvalue weighted by Crippen LogP contribution is 2.50. The van der Waals surface area contributed by atoms with Crippen LogP contribution in [0.5, 0.6) is 0 Å². The molecule has 2 fully saturated rings. The van der Waals surface area contributed by atoms with Crippen LogP contribution in [0.1, 0.15) is 35.7 Å². The molecule has 4 aromatic rings. The number of alkyl halides is 1. The monoisotopic (exact) mass is 688 g/mol. The number of nitrogen functional groups attached to an aromatic ring is 1. The van der Waals surface area contributed by atoms with Gasteiger partial charge in [-0.2, -0.15) is 0 Å². The second-order valence-corrected chi connectivity index (χ2v) is 12.8. The van der Waals surface area contributed by atoms with Crippen molar-refractivity contribution in [1.29, 1.82) is 0 Å². The van der Waals surface area contributed by atoms with Crippen molar-refractivity contribution in [2.75, 3.05) is 26.1 Å². The maximum absolute atomic E-state index is 15.8. The molecule has 5 heterocycles. The Morgan fingerprint density at radius 3 is 2.67 bits per heavy atom. The lowest BCUT2D eigenvalue weighted by atomic mass is 10.1. The number of hydrogen-bond donors (Lipinski definition) is 4. The topological polar surface area (TPSA) is 268 Å². The summed E-state index contributed by atoms with van der Waals surface area (Å²) in [6.07, 6.45) is -5.61. The Morgan fingerprint density at radius 2 is 1.91 bits per heavy atom. The lowest BCUT2D eigenvalue weighted by molar-refractivity contribution is -0.0493. The summed E-state index contributed by atoms with van der Waals surface area (Å²) in [6, 6.07) is 4.87. The minimum atomic E-state index is -5.05. The molecular formula is C23H27FN8O12P2. The molecule has 0 spiro atoms. The van der Waals surface area contributed by atoms with Crippen LogP contribution in [0, 0.1) is 0 Å².